The summed E-state index contributed by atoms with van der Waals surface area (Å²) in [6, 6.07) is 20.2. The highest BCUT2D eigenvalue weighted by molar-refractivity contribution is 6.05. The summed E-state index contributed by atoms with van der Waals surface area (Å²) in [5.41, 5.74) is 4.67. The molecule has 27 heavy (non-hydrogen) atoms. The van der Waals surface area contributed by atoms with Gasteiger partial charge >= 0.3 is 0 Å². The monoisotopic (exact) mass is 358 g/mol. The number of anilines is 1. The first-order chi connectivity index (χ1) is 13.1. The van der Waals surface area contributed by atoms with Crippen molar-refractivity contribution < 1.29 is 9.90 Å². The molecule has 0 saturated heterocycles. The zero-order valence-corrected chi connectivity index (χ0v) is 14.8. The zero-order valence-electron chi connectivity index (χ0n) is 14.8. The average Bonchev–Trinajstić information content (AvgIpc) is 3.08. The van der Waals surface area contributed by atoms with Crippen molar-refractivity contribution >= 4 is 22.6 Å². The van der Waals surface area contributed by atoms with Crippen molar-refractivity contribution in [2.75, 3.05) is 5.32 Å². The van der Waals surface area contributed by atoms with Crippen molar-refractivity contribution in [1.29, 1.82) is 0 Å². The Balaban J connectivity index is 1.49. The molecule has 0 spiro atoms. The number of fused-ring (bicyclic) bond motifs is 1. The molecule has 0 saturated carbocycles. The molecule has 6 heteroatoms. The van der Waals surface area contributed by atoms with E-state index in [-0.39, 0.29) is 11.7 Å². The number of benzene rings is 3. The summed E-state index contributed by atoms with van der Waals surface area (Å²) >= 11 is 0. The summed E-state index contributed by atoms with van der Waals surface area (Å²) in [5, 5.41) is 21.0. The third-order valence-corrected chi connectivity index (χ3v) is 4.37. The minimum atomic E-state index is -0.271. The Labute approximate surface area is 156 Å². The molecule has 1 heterocycles. The van der Waals surface area contributed by atoms with Crippen molar-refractivity contribution in [3.63, 3.8) is 0 Å². The number of phenols is 1. The standard InChI is InChI=1S/C21H18N4O2/c1-14-6-11-18(20(26)12-14)22-21(27)16-9-7-15(8-10-16)13-25-19-5-3-2-4-17(19)23-24-25/h2-12,26H,13H2,1H3,(H,22,27). The van der Waals surface area contributed by atoms with E-state index in [1.807, 2.05) is 54.1 Å². The summed E-state index contributed by atoms with van der Waals surface area (Å²) in [5.74, 6) is -0.218. The van der Waals surface area contributed by atoms with Crippen LogP contribution in [0.2, 0.25) is 0 Å². The second kappa shape index (κ2) is 6.92. The number of aromatic hydroxyl groups is 1. The van der Waals surface area contributed by atoms with E-state index in [0.29, 0.717) is 17.8 Å². The average molecular weight is 358 g/mol. The fourth-order valence-corrected chi connectivity index (χ4v) is 2.91. The fraction of sp³-hybridized carbons (Fsp3) is 0.0952. The van der Waals surface area contributed by atoms with Crippen LogP contribution in [0.4, 0.5) is 5.69 Å². The highest BCUT2D eigenvalue weighted by atomic mass is 16.3. The number of amides is 1. The maximum absolute atomic E-state index is 12.4. The number of aryl methyl sites for hydroxylation is 1. The summed E-state index contributed by atoms with van der Waals surface area (Å²) in [7, 11) is 0. The van der Waals surface area contributed by atoms with Crippen LogP contribution >= 0.6 is 0 Å². The number of nitrogens with zero attached hydrogens (tertiary/aromatic N) is 3. The predicted octanol–water partition coefficient (Wildman–Crippen LogP) is 3.75. The summed E-state index contributed by atoms with van der Waals surface area (Å²) in [4.78, 5) is 12.4. The Morgan fingerprint density at radius 1 is 1.07 bits per heavy atom. The molecule has 0 bridgehead atoms. The van der Waals surface area contributed by atoms with Crippen molar-refractivity contribution in [1.82, 2.24) is 15.0 Å². The van der Waals surface area contributed by atoms with E-state index in [1.54, 1.807) is 24.3 Å². The Bertz CT molecular complexity index is 1120. The molecule has 4 aromatic rings. The lowest BCUT2D eigenvalue weighted by Crippen LogP contribution is -2.12. The first kappa shape index (κ1) is 16.8. The second-order valence-electron chi connectivity index (χ2n) is 6.41. The molecule has 0 aliphatic heterocycles. The normalized spacial score (nSPS) is 10.9. The van der Waals surface area contributed by atoms with Gasteiger partial charge in [0.1, 0.15) is 11.3 Å². The van der Waals surface area contributed by atoms with Gasteiger partial charge in [0.15, 0.2) is 0 Å². The van der Waals surface area contributed by atoms with Gasteiger partial charge in [0, 0.05) is 5.56 Å². The van der Waals surface area contributed by atoms with Gasteiger partial charge in [-0.05, 0) is 54.4 Å². The van der Waals surface area contributed by atoms with Crippen LogP contribution in [-0.4, -0.2) is 26.0 Å². The molecule has 0 atom stereocenters. The van der Waals surface area contributed by atoms with E-state index in [1.165, 1.54) is 0 Å². The van der Waals surface area contributed by atoms with Gasteiger partial charge in [0.05, 0.1) is 17.7 Å². The van der Waals surface area contributed by atoms with Crippen LogP contribution in [0.5, 0.6) is 5.75 Å². The Hall–Kier alpha value is -3.67. The molecule has 0 fully saturated rings. The molecular formula is C21H18N4O2. The molecule has 3 aromatic carbocycles. The molecule has 1 aromatic heterocycles. The number of hydrogen-bond donors (Lipinski definition) is 2. The highest BCUT2D eigenvalue weighted by Crippen LogP contribution is 2.24. The SMILES string of the molecule is Cc1ccc(NC(=O)c2ccc(Cn3nnc4ccccc43)cc2)c(O)c1. The topological polar surface area (TPSA) is 80.0 Å². The molecule has 6 nitrogen and oxygen atoms in total. The Morgan fingerprint density at radius 3 is 2.63 bits per heavy atom. The largest absolute Gasteiger partial charge is 0.506 e. The number of hydrogen-bond acceptors (Lipinski definition) is 4. The minimum Gasteiger partial charge on any atom is -0.506 e. The Morgan fingerprint density at radius 2 is 1.85 bits per heavy atom. The fourth-order valence-electron chi connectivity index (χ4n) is 2.91. The van der Waals surface area contributed by atoms with Gasteiger partial charge in [-0.2, -0.15) is 0 Å². The molecule has 0 unspecified atom stereocenters. The molecule has 4 rings (SSSR count). The van der Waals surface area contributed by atoms with Gasteiger partial charge in [-0.15, -0.1) is 5.10 Å². The molecule has 0 radical (unpaired) electrons. The molecule has 1 amide bonds. The Kier molecular flexibility index (Phi) is 4.30. The van der Waals surface area contributed by atoms with Crippen LogP contribution in [-0.2, 0) is 6.54 Å². The van der Waals surface area contributed by atoms with Crippen LogP contribution in [0.25, 0.3) is 11.0 Å². The van der Waals surface area contributed by atoms with E-state index in [4.69, 9.17) is 0 Å². The van der Waals surface area contributed by atoms with Gasteiger partial charge in [-0.25, -0.2) is 4.68 Å². The lowest BCUT2D eigenvalue weighted by atomic mass is 10.1. The number of carbonyl (C=O) groups excluding carboxylic acids is 1. The molecular weight excluding hydrogens is 340 g/mol. The summed E-state index contributed by atoms with van der Waals surface area (Å²) in [6.07, 6.45) is 0. The number of para-hydroxylation sites is 1. The van der Waals surface area contributed by atoms with Crippen molar-refractivity contribution in [2.24, 2.45) is 0 Å². The maximum Gasteiger partial charge on any atom is 0.255 e. The molecule has 0 aliphatic rings. The number of aromatic nitrogens is 3. The van der Waals surface area contributed by atoms with Gasteiger partial charge in [0.25, 0.3) is 5.91 Å². The van der Waals surface area contributed by atoms with E-state index >= 15 is 0 Å². The molecule has 2 N–H and O–H groups in total. The van der Waals surface area contributed by atoms with Crippen LogP contribution in [0, 0.1) is 6.92 Å². The van der Waals surface area contributed by atoms with Crippen LogP contribution in [0.15, 0.2) is 66.7 Å². The van der Waals surface area contributed by atoms with Crippen LogP contribution in [0.3, 0.4) is 0 Å². The van der Waals surface area contributed by atoms with E-state index in [9.17, 15) is 9.90 Å². The minimum absolute atomic E-state index is 0.0537. The van der Waals surface area contributed by atoms with Gasteiger partial charge < -0.3 is 10.4 Å². The summed E-state index contributed by atoms with van der Waals surface area (Å²) < 4.78 is 1.83. The van der Waals surface area contributed by atoms with Gasteiger partial charge in [-0.1, -0.05) is 35.5 Å². The van der Waals surface area contributed by atoms with Crippen molar-refractivity contribution in [3.05, 3.63) is 83.4 Å². The number of nitrogens with one attached hydrogen (secondary N) is 1. The third-order valence-electron chi connectivity index (χ3n) is 4.37. The number of rotatable bonds is 4. The van der Waals surface area contributed by atoms with E-state index < -0.39 is 0 Å². The number of carbonyl (C=O) groups is 1. The first-order valence-corrected chi connectivity index (χ1v) is 8.58. The molecule has 0 aliphatic carbocycles. The quantitative estimate of drug-likeness (QED) is 0.545. The molecule has 134 valence electrons. The summed E-state index contributed by atoms with van der Waals surface area (Å²) in [6.45, 7) is 2.45. The maximum atomic E-state index is 12.4. The lowest BCUT2D eigenvalue weighted by Gasteiger charge is -2.09. The first-order valence-electron chi connectivity index (χ1n) is 8.58. The van der Waals surface area contributed by atoms with Gasteiger partial charge in [-0.3, -0.25) is 4.79 Å². The van der Waals surface area contributed by atoms with Crippen LogP contribution in [0.1, 0.15) is 21.5 Å². The van der Waals surface area contributed by atoms with E-state index in [2.05, 4.69) is 15.6 Å². The van der Waals surface area contributed by atoms with Crippen molar-refractivity contribution in [3.8, 4) is 5.75 Å². The van der Waals surface area contributed by atoms with E-state index in [0.717, 1.165) is 22.2 Å². The highest BCUT2D eigenvalue weighted by Gasteiger charge is 2.10. The van der Waals surface area contributed by atoms with Crippen LogP contribution < -0.4 is 5.32 Å². The zero-order chi connectivity index (χ0) is 18.8. The second-order valence-corrected chi connectivity index (χ2v) is 6.41. The smallest absolute Gasteiger partial charge is 0.255 e. The van der Waals surface area contributed by atoms with Gasteiger partial charge in [0.2, 0.25) is 0 Å². The number of phenolic OH excluding ortho intramolecular Hbond substituents is 1. The predicted molar refractivity (Wildman–Crippen MR) is 104 cm³/mol. The van der Waals surface area contributed by atoms with Crippen molar-refractivity contribution in [2.45, 2.75) is 13.5 Å². The third kappa shape index (κ3) is 3.50. The lowest BCUT2D eigenvalue weighted by molar-refractivity contribution is 0.102.